The van der Waals surface area contributed by atoms with Crippen LogP contribution in [0.25, 0.3) is 10.2 Å². The van der Waals surface area contributed by atoms with E-state index >= 15 is 0 Å². The van der Waals surface area contributed by atoms with Crippen molar-refractivity contribution >= 4 is 32.6 Å². The van der Waals surface area contributed by atoms with Gasteiger partial charge in [-0.15, -0.1) is 0 Å². The number of hydrogen-bond donors (Lipinski definition) is 1. The van der Waals surface area contributed by atoms with Crippen LogP contribution in [-0.2, 0) is 4.79 Å². The number of halogens is 3. The number of rotatable bonds is 3. The maximum absolute atomic E-state index is 12.3. The number of nitrogens with zero attached hydrogens (tertiary/aromatic N) is 2. The van der Waals surface area contributed by atoms with Crippen LogP contribution in [0, 0.1) is 0 Å². The van der Waals surface area contributed by atoms with Crippen LogP contribution in [0.15, 0.2) is 24.3 Å². The Balaban J connectivity index is 1.69. The predicted octanol–water partition coefficient (Wildman–Crippen LogP) is 2.87. The molecule has 1 N–H and O–H groups in total. The summed E-state index contributed by atoms with van der Waals surface area (Å²) in [5.74, 6) is -0.522. The second-order valence-corrected chi connectivity index (χ2v) is 5.88. The van der Waals surface area contributed by atoms with E-state index in [4.69, 9.17) is 0 Å². The molecule has 4 nitrogen and oxygen atoms in total. The molecule has 0 aliphatic carbocycles. The van der Waals surface area contributed by atoms with Gasteiger partial charge in [-0.05, 0) is 18.6 Å². The average Bonchev–Trinajstić information content (AvgIpc) is 2.95. The summed E-state index contributed by atoms with van der Waals surface area (Å²) in [5.41, 5.74) is 0.808. The van der Waals surface area contributed by atoms with Crippen LogP contribution >= 0.6 is 11.3 Å². The number of carbonyl (C=O) groups is 1. The van der Waals surface area contributed by atoms with Crippen LogP contribution in [0.3, 0.4) is 0 Å². The number of para-hydroxylation sites is 1. The van der Waals surface area contributed by atoms with E-state index in [1.54, 1.807) is 0 Å². The molecule has 3 rings (SSSR count). The molecule has 1 aliphatic heterocycles. The van der Waals surface area contributed by atoms with Crippen molar-refractivity contribution in [3.63, 3.8) is 0 Å². The van der Waals surface area contributed by atoms with Gasteiger partial charge < -0.3 is 10.2 Å². The molecule has 0 radical (unpaired) electrons. The first-order valence-electron chi connectivity index (χ1n) is 6.40. The highest BCUT2D eigenvalue weighted by molar-refractivity contribution is 7.22. The Labute approximate surface area is 122 Å². The van der Waals surface area contributed by atoms with Gasteiger partial charge in [0.2, 0.25) is 5.91 Å². The Morgan fingerprint density at radius 1 is 1.38 bits per heavy atom. The van der Waals surface area contributed by atoms with Crippen molar-refractivity contribution in [1.82, 2.24) is 9.88 Å². The third-order valence-corrected chi connectivity index (χ3v) is 4.23. The first kappa shape index (κ1) is 14.1. The largest absolute Gasteiger partial charge is 0.406 e. The van der Waals surface area contributed by atoms with E-state index in [2.05, 4.69) is 10.3 Å². The number of aromatic nitrogens is 1. The van der Waals surface area contributed by atoms with Gasteiger partial charge >= 0.3 is 6.18 Å². The lowest BCUT2D eigenvalue weighted by molar-refractivity contribution is -0.157. The minimum Gasteiger partial charge on any atom is -0.350 e. The van der Waals surface area contributed by atoms with Gasteiger partial charge in [-0.25, -0.2) is 4.98 Å². The van der Waals surface area contributed by atoms with Gasteiger partial charge in [-0.2, -0.15) is 13.2 Å². The van der Waals surface area contributed by atoms with Gasteiger partial charge in [0.05, 0.1) is 10.2 Å². The van der Waals surface area contributed by atoms with Crippen LogP contribution in [0.2, 0.25) is 0 Å². The fourth-order valence-corrected chi connectivity index (χ4v) is 3.25. The number of amides is 1. The first-order chi connectivity index (χ1) is 9.92. The fourth-order valence-electron chi connectivity index (χ4n) is 2.33. The van der Waals surface area contributed by atoms with E-state index in [0.717, 1.165) is 15.1 Å². The number of anilines is 1. The van der Waals surface area contributed by atoms with Gasteiger partial charge in [0.15, 0.2) is 5.13 Å². The van der Waals surface area contributed by atoms with Crippen molar-refractivity contribution in [2.24, 2.45) is 0 Å². The fraction of sp³-hybridized carbons (Fsp3) is 0.385. The summed E-state index contributed by atoms with van der Waals surface area (Å²) in [6.45, 7) is -1.08. The quantitative estimate of drug-likeness (QED) is 0.947. The number of benzene rings is 1. The number of carbonyl (C=O) groups excluding carboxylic acids is 1. The van der Waals surface area contributed by atoms with E-state index in [1.165, 1.54) is 11.3 Å². The zero-order valence-corrected chi connectivity index (χ0v) is 11.7. The molecule has 2 aromatic rings. The lowest BCUT2D eigenvalue weighted by Crippen LogP contribution is -2.39. The van der Waals surface area contributed by atoms with Gasteiger partial charge in [-0.1, -0.05) is 23.5 Å². The van der Waals surface area contributed by atoms with Crippen LogP contribution in [-0.4, -0.2) is 41.1 Å². The van der Waals surface area contributed by atoms with Crippen molar-refractivity contribution < 1.29 is 18.0 Å². The van der Waals surface area contributed by atoms with Crippen LogP contribution in [0.1, 0.15) is 6.42 Å². The van der Waals surface area contributed by atoms with Crippen molar-refractivity contribution in [3.05, 3.63) is 24.3 Å². The third kappa shape index (κ3) is 3.10. The molecule has 1 amide bonds. The Bertz CT molecular complexity index is 637. The standard InChI is InChI=1S/C13H12F3N3OS/c14-13(15,16)7-19-6-5-9(11(19)20)18-12-17-8-3-1-2-4-10(8)21-12/h1-4,9H,5-7H2,(H,17,18). The lowest BCUT2D eigenvalue weighted by atomic mass is 10.2. The van der Waals surface area contributed by atoms with Crippen molar-refractivity contribution in [3.8, 4) is 0 Å². The molecule has 21 heavy (non-hydrogen) atoms. The number of fused-ring (bicyclic) bond motifs is 1. The normalized spacial score (nSPS) is 19.5. The van der Waals surface area contributed by atoms with Crippen LogP contribution in [0.4, 0.5) is 18.3 Å². The van der Waals surface area contributed by atoms with Gasteiger partial charge in [-0.3, -0.25) is 4.79 Å². The van der Waals surface area contributed by atoms with Gasteiger partial charge in [0.25, 0.3) is 0 Å². The minimum absolute atomic E-state index is 0.112. The van der Waals surface area contributed by atoms with Crippen molar-refractivity contribution in [2.75, 3.05) is 18.4 Å². The molecule has 2 heterocycles. The molecule has 8 heteroatoms. The molecule has 0 saturated carbocycles. The van der Waals surface area contributed by atoms with E-state index in [-0.39, 0.29) is 6.54 Å². The zero-order valence-electron chi connectivity index (χ0n) is 10.9. The second kappa shape index (κ2) is 5.18. The topological polar surface area (TPSA) is 45.2 Å². The number of hydrogen-bond acceptors (Lipinski definition) is 4. The highest BCUT2D eigenvalue weighted by Gasteiger charge is 2.39. The molecule has 1 fully saturated rings. The summed E-state index contributed by atoms with van der Waals surface area (Å²) in [5, 5.41) is 3.50. The zero-order chi connectivity index (χ0) is 15.0. The molecule has 0 bridgehead atoms. The molecular weight excluding hydrogens is 303 g/mol. The molecule has 1 atom stereocenters. The van der Waals surface area contributed by atoms with E-state index < -0.39 is 24.7 Å². The maximum Gasteiger partial charge on any atom is 0.406 e. The summed E-state index contributed by atoms with van der Waals surface area (Å²) < 4.78 is 38.0. The van der Waals surface area contributed by atoms with Gasteiger partial charge in [0.1, 0.15) is 12.6 Å². The van der Waals surface area contributed by atoms with Crippen molar-refractivity contribution in [2.45, 2.75) is 18.6 Å². The molecule has 1 saturated heterocycles. The Morgan fingerprint density at radius 3 is 2.86 bits per heavy atom. The minimum atomic E-state index is -4.36. The highest BCUT2D eigenvalue weighted by Crippen LogP contribution is 2.28. The van der Waals surface area contributed by atoms with Crippen LogP contribution in [0.5, 0.6) is 0 Å². The summed E-state index contributed by atoms with van der Waals surface area (Å²) in [6, 6.07) is 6.87. The van der Waals surface area contributed by atoms with Crippen LogP contribution < -0.4 is 5.32 Å². The summed E-state index contributed by atoms with van der Waals surface area (Å²) in [7, 11) is 0. The molecule has 1 unspecified atom stereocenters. The Hall–Kier alpha value is -1.83. The monoisotopic (exact) mass is 315 g/mol. The van der Waals surface area contributed by atoms with E-state index in [9.17, 15) is 18.0 Å². The summed E-state index contributed by atoms with van der Waals surface area (Å²) >= 11 is 1.39. The molecule has 1 aromatic carbocycles. The van der Waals surface area contributed by atoms with Crippen molar-refractivity contribution in [1.29, 1.82) is 0 Å². The Morgan fingerprint density at radius 2 is 2.14 bits per heavy atom. The molecule has 112 valence electrons. The average molecular weight is 315 g/mol. The maximum atomic E-state index is 12.3. The molecular formula is C13H12F3N3OS. The van der Waals surface area contributed by atoms with E-state index in [1.807, 2.05) is 24.3 Å². The molecule has 1 aliphatic rings. The molecule has 1 aromatic heterocycles. The number of likely N-dealkylation sites (tertiary alicyclic amines) is 1. The van der Waals surface area contributed by atoms with Gasteiger partial charge in [0, 0.05) is 6.54 Å². The third-order valence-electron chi connectivity index (χ3n) is 3.26. The predicted molar refractivity (Wildman–Crippen MR) is 74.3 cm³/mol. The number of thiazole rings is 1. The summed E-state index contributed by atoms with van der Waals surface area (Å²) in [4.78, 5) is 17.1. The Kier molecular flexibility index (Phi) is 3.48. The SMILES string of the molecule is O=C1C(Nc2nc3ccccc3s2)CCN1CC(F)(F)F. The van der Waals surface area contributed by atoms with E-state index in [0.29, 0.717) is 11.6 Å². The lowest BCUT2D eigenvalue weighted by Gasteiger charge is -2.18. The molecule has 0 spiro atoms. The highest BCUT2D eigenvalue weighted by atomic mass is 32.1. The smallest absolute Gasteiger partial charge is 0.350 e. The second-order valence-electron chi connectivity index (χ2n) is 4.85. The number of nitrogens with one attached hydrogen (secondary N) is 1. The first-order valence-corrected chi connectivity index (χ1v) is 7.22. The number of alkyl halides is 3. The summed E-state index contributed by atoms with van der Waals surface area (Å²) in [6.07, 6.45) is -4.01.